The standard InChI is InChI=1S/C24H25ClN2O4S/c1-4-23(31-20-7-5-6-18(25)15-20)24(28)26-19-10-12-21(13-11-19)32(29,30)27-22-14-16(2)8-9-17(22)3/h5-15,23,27H,4H2,1-3H3,(H,26,28)/t23-/m0/s1. The van der Waals surface area contributed by atoms with Crippen molar-refractivity contribution in [1.82, 2.24) is 0 Å². The molecule has 3 aromatic carbocycles. The van der Waals surface area contributed by atoms with Crippen molar-refractivity contribution in [2.45, 2.75) is 38.2 Å². The third kappa shape index (κ3) is 6.02. The van der Waals surface area contributed by atoms with E-state index in [-0.39, 0.29) is 10.8 Å². The summed E-state index contributed by atoms with van der Waals surface area (Å²) in [6, 6.07) is 18.4. The summed E-state index contributed by atoms with van der Waals surface area (Å²) in [5.41, 5.74) is 2.78. The van der Waals surface area contributed by atoms with E-state index >= 15 is 0 Å². The number of aryl methyl sites for hydroxylation is 2. The smallest absolute Gasteiger partial charge is 0.265 e. The van der Waals surface area contributed by atoms with E-state index in [0.717, 1.165) is 11.1 Å². The Bertz CT molecular complexity index is 1210. The van der Waals surface area contributed by atoms with Crippen LogP contribution in [-0.2, 0) is 14.8 Å². The quantitative estimate of drug-likeness (QED) is 0.450. The molecule has 3 rings (SSSR count). The van der Waals surface area contributed by atoms with Crippen molar-refractivity contribution in [1.29, 1.82) is 0 Å². The van der Waals surface area contributed by atoms with Gasteiger partial charge in [0.25, 0.3) is 15.9 Å². The molecule has 0 aliphatic rings. The number of rotatable bonds is 8. The predicted octanol–water partition coefficient (Wildman–Crippen LogP) is 5.55. The monoisotopic (exact) mass is 472 g/mol. The molecule has 0 saturated heterocycles. The fourth-order valence-electron chi connectivity index (χ4n) is 3.02. The molecule has 0 bridgehead atoms. The van der Waals surface area contributed by atoms with Crippen LogP contribution in [0.2, 0.25) is 5.02 Å². The Kier molecular flexibility index (Phi) is 7.43. The summed E-state index contributed by atoms with van der Waals surface area (Å²) in [6.07, 6.45) is -0.271. The van der Waals surface area contributed by atoms with Crippen LogP contribution in [0.25, 0.3) is 0 Å². The molecule has 0 aliphatic heterocycles. The molecular weight excluding hydrogens is 448 g/mol. The molecule has 0 aliphatic carbocycles. The Morgan fingerprint density at radius 3 is 2.41 bits per heavy atom. The van der Waals surface area contributed by atoms with Crippen LogP contribution in [0.5, 0.6) is 5.75 Å². The lowest BCUT2D eigenvalue weighted by Crippen LogP contribution is -2.32. The minimum absolute atomic E-state index is 0.0959. The molecule has 0 radical (unpaired) electrons. The van der Waals surface area contributed by atoms with Crippen LogP contribution in [0.4, 0.5) is 11.4 Å². The van der Waals surface area contributed by atoms with E-state index < -0.39 is 16.1 Å². The first-order chi connectivity index (χ1) is 15.2. The van der Waals surface area contributed by atoms with E-state index in [2.05, 4.69) is 10.0 Å². The number of carbonyl (C=O) groups excluding carboxylic acids is 1. The van der Waals surface area contributed by atoms with Crippen molar-refractivity contribution in [3.8, 4) is 5.75 Å². The number of hydrogen-bond donors (Lipinski definition) is 2. The van der Waals surface area contributed by atoms with Gasteiger partial charge in [0.1, 0.15) is 5.75 Å². The molecule has 1 amide bonds. The van der Waals surface area contributed by atoms with Crippen molar-refractivity contribution >= 4 is 38.9 Å². The Morgan fingerprint density at radius 1 is 1.03 bits per heavy atom. The van der Waals surface area contributed by atoms with E-state index in [9.17, 15) is 13.2 Å². The highest BCUT2D eigenvalue weighted by Crippen LogP contribution is 2.23. The maximum atomic E-state index is 12.8. The van der Waals surface area contributed by atoms with Gasteiger partial charge in [-0.2, -0.15) is 0 Å². The first kappa shape index (κ1) is 23.6. The third-order valence-corrected chi connectivity index (χ3v) is 6.42. The van der Waals surface area contributed by atoms with E-state index in [1.807, 2.05) is 32.9 Å². The fraction of sp³-hybridized carbons (Fsp3) is 0.208. The number of amides is 1. The first-order valence-corrected chi connectivity index (χ1v) is 12.0. The zero-order chi connectivity index (χ0) is 23.3. The molecule has 1 atom stereocenters. The van der Waals surface area contributed by atoms with Crippen LogP contribution >= 0.6 is 11.6 Å². The summed E-state index contributed by atoms with van der Waals surface area (Å²) < 4.78 is 33.9. The Hall–Kier alpha value is -3.03. The summed E-state index contributed by atoms with van der Waals surface area (Å²) in [7, 11) is -3.76. The SMILES string of the molecule is CC[C@H](Oc1cccc(Cl)c1)C(=O)Nc1ccc(S(=O)(=O)Nc2cc(C)ccc2C)cc1. The molecule has 0 aromatic heterocycles. The van der Waals surface area contributed by atoms with E-state index in [4.69, 9.17) is 16.3 Å². The zero-order valence-electron chi connectivity index (χ0n) is 18.1. The molecule has 3 aromatic rings. The highest BCUT2D eigenvalue weighted by Gasteiger charge is 2.20. The molecule has 2 N–H and O–H groups in total. The summed E-state index contributed by atoms with van der Waals surface area (Å²) in [5, 5.41) is 3.28. The Labute approximate surface area is 193 Å². The van der Waals surface area contributed by atoms with Crippen LogP contribution in [0.15, 0.2) is 71.6 Å². The number of anilines is 2. The van der Waals surface area contributed by atoms with Gasteiger partial charge in [0.05, 0.1) is 10.6 Å². The first-order valence-electron chi connectivity index (χ1n) is 10.1. The van der Waals surface area contributed by atoms with Crippen molar-refractivity contribution in [2.24, 2.45) is 0 Å². The molecule has 32 heavy (non-hydrogen) atoms. The van der Waals surface area contributed by atoms with Gasteiger partial charge in [-0.1, -0.05) is 36.7 Å². The summed E-state index contributed by atoms with van der Waals surface area (Å²) >= 11 is 5.96. The summed E-state index contributed by atoms with van der Waals surface area (Å²) in [6.45, 7) is 5.57. The van der Waals surface area contributed by atoms with Gasteiger partial charge in [-0.25, -0.2) is 8.42 Å². The average Bonchev–Trinajstić information content (AvgIpc) is 2.75. The molecule has 0 saturated carbocycles. The molecule has 0 spiro atoms. The van der Waals surface area contributed by atoms with Crippen molar-refractivity contribution in [3.63, 3.8) is 0 Å². The number of sulfonamides is 1. The van der Waals surface area contributed by atoms with Gasteiger partial charge in [0, 0.05) is 10.7 Å². The van der Waals surface area contributed by atoms with Gasteiger partial charge in [-0.3, -0.25) is 9.52 Å². The normalized spacial score (nSPS) is 12.1. The van der Waals surface area contributed by atoms with Gasteiger partial charge < -0.3 is 10.1 Å². The lowest BCUT2D eigenvalue weighted by atomic mass is 10.1. The number of nitrogens with one attached hydrogen (secondary N) is 2. The highest BCUT2D eigenvalue weighted by molar-refractivity contribution is 7.92. The second kappa shape index (κ2) is 10.1. The van der Waals surface area contributed by atoms with Crippen LogP contribution in [-0.4, -0.2) is 20.4 Å². The van der Waals surface area contributed by atoms with Crippen molar-refractivity contribution in [2.75, 3.05) is 10.0 Å². The lowest BCUT2D eigenvalue weighted by molar-refractivity contribution is -0.122. The average molecular weight is 473 g/mol. The maximum Gasteiger partial charge on any atom is 0.265 e. The van der Waals surface area contributed by atoms with Crippen LogP contribution in [0, 0.1) is 13.8 Å². The summed E-state index contributed by atoms with van der Waals surface area (Å²) in [5.74, 6) is 0.162. The van der Waals surface area contributed by atoms with E-state index in [0.29, 0.717) is 28.6 Å². The van der Waals surface area contributed by atoms with Gasteiger partial charge in [0.15, 0.2) is 6.10 Å². The fourth-order valence-corrected chi connectivity index (χ4v) is 4.32. The maximum absolute atomic E-state index is 12.8. The number of hydrogen-bond acceptors (Lipinski definition) is 4. The molecule has 6 nitrogen and oxygen atoms in total. The Balaban J connectivity index is 1.69. The molecule has 0 unspecified atom stereocenters. The van der Waals surface area contributed by atoms with Gasteiger partial charge in [-0.15, -0.1) is 0 Å². The minimum atomic E-state index is -3.76. The molecular formula is C24H25ClN2O4S. The Morgan fingerprint density at radius 2 is 1.75 bits per heavy atom. The van der Waals surface area contributed by atoms with Crippen LogP contribution in [0.1, 0.15) is 24.5 Å². The summed E-state index contributed by atoms with van der Waals surface area (Å²) in [4.78, 5) is 12.7. The molecule has 0 heterocycles. The zero-order valence-corrected chi connectivity index (χ0v) is 19.6. The number of carbonyl (C=O) groups is 1. The van der Waals surface area contributed by atoms with Gasteiger partial charge in [-0.05, 0) is 79.9 Å². The number of halogens is 1. The lowest BCUT2D eigenvalue weighted by Gasteiger charge is -2.17. The largest absolute Gasteiger partial charge is 0.481 e. The minimum Gasteiger partial charge on any atom is -0.481 e. The van der Waals surface area contributed by atoms with Crippen LogP contribution < -0.4 is 14.8 Å². The number of benzene rings is 3. The second-order valence-corrected chi connectivity index (χ2v) is 9.53. The molecule has 168 valence electrons. The van der Waals surface area contributed by atoms with Gasteiger partial charge >= 0.3 is 0 Å². The number of ether oxygens (including phenoxy) is 1. The van der Waals surface area contributed by atoms with Gasteiger partial charge in [0.2, 0.25) is 0 Å². The molecule has 0 fully saturated rings. The van der Waals surface area contributed by atoms with Crippen molar-refractivity contribution in [3.05, 3.63) is 82.9 Å². The van der Waals surface area contributed by atoms with E-state index in [1.54, 1.807) is 42.5 Å². The van der Waals surface area contributed by atoms with E-state index in [1.165, 1.54) is 12.1 Å². The highest BCUT2D eigenvalue weighted by atomic mass is 35.5. The molecule has 8 heteroatoms. The second-order valence-electron chi connectivity index (χ2n) is 7.41. The topological polar surface area (TPSA) is 84.5 Å². The van der Waals surface area contributed by atoms with Crippen LogP contribution in [0.3, 0.4) is 0 Å². The third-order valence-electron chi connectivity index (χ3n) is 4.81. The van der Waals surface area contributed by atoms with Crippen molar-refractivity contribution < 1.29 is 17.9 Å². The predicted molar refractivity (Wildman–Crippen MR) is 128 cm³/mol.